The maximum Gasteiger partial charge on any atom is 0.273 e. The zero-order chi connectivity index (χ0) is 38.3. The van der Waals surface area contributed by atoms with E-state index in [1.807, 2.05) is 34.9 Å². The minimum atomic E-state index is 0.0132. The number of rotatable bonds is 8. The van der Waals surface area contributed by atoms with Crippen LogP contribution in [0.2, 0.25) is 0 Å². The van der Waals surface area contributed by atoms with Crippen molar-refractivity contribution in [1.82, 2.24) is 4.57 Å². The van der Waals surface area contributed by atoms with Gasteiger partial charge in [0, 0.05) is 29.4 Å². The molecule has 1 aliphatic carbocycles. The number of fused-ring (bicyclic) bond motifs is 4. The summed E-state index contributed by atoms with van der Waals surface area (Å²) in [5.74, 6) is 0.473. The lowest BCUT2D eigenvalue weighted by Crippen LogP contribution is -2.35. The monoisotopic (exact) mass is 776 g/mol. The summed E-state index contributed by atoms with van der Waals surface area (Å²) in [5, 5.41) is 1.14. The lowest BCUT2D eigenvalue weighted by atomic mass is 9.95. The van der Waals surface area contributed by atoms with Crippen LogP contribution < -0.4 is 24.2 Å². The molecule has 8 aromatic rings. The summed E-state index contributed by atoms with van der Waals surface area (Å²) in [6.45, 7) is 3.04. The molecule has 10 rings (SSSR count). The topological polar surface area (TPSA) is 29.1 Å². The predicted octanol–water partition coefficient (Wildman–Crippen LogP) is 10.5. The molecule has 3 heterocycles. The largest absolute Gasteiger partial charge is 0.338 e. The van der Waals surface area contributed by atoms with E-state index in [2.05, 4.69) is 162 Å². The van der Waals surface area contributed by atoms with Crippen molar-refractivity contribution in [2.75, 3.05) is 4.90 Å². The molecule has 1 saturated carbocycles. The number of hydrogen-bond acceptors (Lipinski definition) is 4. The van der Waals surface area contributed by atoms with Crippen molar-refractivity contribution in [3.63, 3.8) is 0 Å². The molecule has 2 aliphatic rings. The molecule has 0 saturated heterocycles. The molecular formula is C51H42N3OS2+. The molecule has 57 heavy (non-hydrogen) atoms. The number of nitrogens with zero attached hydrogens (tertiary/aromatic N) is 3. The Balaban J connectivity index is 1.02. The number of aromatic nitrogens is 2. The second-order valence-electron chi connectivity index (χ2n) is 14.9. The standard InChI is InChI=1S/C51H42N3OS2/c1-2-52-46-22-12-13-24-47(46)56-49(52)34-50-54(39-19-10-5-11-20-39)51(55)48(57-50)33-36-27-30-45-43(32-36)41-21-14-23-44(41)53(45)40-28-25-35(26-29-40)31-42(37-15-6-3-7-16-37)38-17-8-4-9-18-38/h3-13,15-20,22,24-34,41,44H,2,14,21,23H2,1H3/q+1. The van der Waals surface area contributed by atoms with Crippen molar-refractivity contribution >= 4 is 68.1 Å². The molecule has 0 radical (unpaired) electrons. The van der Waals surface area contributed by atoms with Crippen LogP contribution in [0.15, 0.2) is 163 Å². The van der Waals surface area contributed by atoms with E-state index < -0.39 is 0 Å². The molecule has 0 N–H and O–H groups in total. The van der Waals surface area contributed by atoms with Crippen LogP contribution in [0.3, 0.4) is 0 Å². The van der Waals surface area contributed by atoms with Crippen LogP contribution in [0.5, 0.6) is 0 Å². The van der Waals surface area contributed by atoms with Gasteiger partial charge in [-0.3, -0.25) is 9.36 Å². The Kier molecular flexibility index (Phi) is 9.37. The highest BCUT2D eigenvalue weighted by Crippen LogP contribution is 2.52. The first kappa shape index (κ1) is 35.3. The number of aryl methyl sites for hydroxylation is 1. The van der Waals surface area contributed by atoms with E-state index in [0.29, 0.717) is 12.0 Å². The maximum absolute atomic E-state index is 14.3. The molecule has 0 spiro atoms. The van der Waals surface area contributed by atoms with Gasteiger partial charge in [-0.15, -0.1) is 11.3 Å². The number of thiazole rings is 2. The lowest BCUT2D eigenvalue weighted by molar-refractivity contribution is -0.665. The van der Waals surface area contributed by atoms with Crippen LogP contribution in [0.25, 0.3) is 39.7 Å². The Morgan fingerprint density at radius 2 is 1.37 bits per heavy atom. The molecule has 2 atom stereocenters. The van der Waals surface area contributed by atoms with Gasteiger partial charge in [-0.1, -0.05) is 127 Å². The molecule has 2 unspecified atom stereocenters. The van der Waals surface area contributed by atoms with Crippen LogP contribution in [0, 0.1) is 0 Å². The fourth-order valence-electron chi connectivity index (χ4n) is 8.93. The van der Waals surface area contributed by atoms with Gasteiger partial charge >= 0.3 is 0 Å². The zero-order valence-electron chi connectivity index (χ0n) is 31.8. The normalized spacial score (nSPS) is 16.6. The van der Waals surface area contributed by atoms with Gasteiger partial charge in [0.1, 0.15) is 15.9 Å². The summed E-state index contributed by atoms with van der Waals surface area (Å²) >= 11 is 3.34. The predicted molar refractivity (Wildman–Crippen MR) is 239 cm³/mol. The van der Waals surface area contributed by atoms with Gasteiger partial charge in [-0.25, -0.2) is 0 Å². The first-order valence-corrected chi connectivity index (χ1v) is 21.5. The van der Waals surface area contributed by atoms with Crippen LogP contribution in [0.1, 0.15) is 64.9 Å². The fourth-order valence-corrected chi connectivity index (χ4v) is 11.2. The van der Waals surface area contributed by atoms with Gasteiger partial charge in [0.25, 0.3) is 10.6 Å². The number of para-hydroxylation sites is 2. The van der Waals surface area contributed by atoms with Gasteiger partial charge < -0.3 is 4.90 Å². The number of hydrogen-bond donors (Lipinski definition) is 0. The van der Waals surface area contributed by atoms with Gasteiger partial charge in [0.15, 0.2) is 0 Å². The minimum Gasteiger partial charge on any atom is -0.338 e. The highest BCUT2D eigenvalue weighted by Gasteiger charge is 2.42. The Morgan fingerprint density at radius 1 is 0.702 bits per heavy atom. The Morgan fingerprint density at radius 3 is 2.09 bits per heavy atom. The average molecular weight is 777 g/mol. The summed E-state index contributed by atoms with van der Waals surface area (Å²) in [6.07, 6.45) is 10.2. The third kappa shape index (κ3) is 6.59. The molecule has 2 aromatic heterocycles. The third-order valence-corrected chi connectivity index (χ3v) is 13.7. The van der Waals surface area contributed by atoms with E-state index >= 15 is 0 Å². The molecule has 0 amide bonds. The quantitative estimate of drug-likeness (QED) is 0.114. The summed E-state index contributed by atoms with van der Waals surface area (Å²) in [6, 6.07) is 56.2. The second kappa shape index (κ2) is 15.1. The summed E-state index contributed by atoms with van der Waals surface area (Å²) in [7, 11) is 0. The minimum absolute atomic E-state index is 0.0132. The van der Waals surface area contributed by atoms with E-state index in [1.165, 1.54) is 68.7 Å². The summed E-state index contributed by atoms with van der Waals surface area (Å²) in [5.41, 5.74) is 11.9. The van der Waals surface area contributed by atoms with Crippen LogP contribution >= 0.6 is 22.7 Å². The average Bonchev–Trinajstić information content (AvgIpc) is 4.02. The molecule has 1 fully saturated rings. The van der Waals surface area contributed by atoms with Crippen molar-refractivity contribution in [2.45, 2.75) is 44.7 Å². The molecule has 1 aliphatic heterocycles. The zero-order valence-corrected chi connectivity index (χ0v) is 33.4. The lowest BCUT2D eigenvalue weighted by Gasteiger charge is -2.27. The number of benzene rings is 6. The highest BCUT2D eigenvalue weighted by molar-refractivity contribution is 7.19. The maximum atomic E-state index is 14.3. The van der Waals surface area contributed by atoms with Gasteiger partial charge in [0.05, 0.1) is 16.3 Å². The van der Waals surface area contributed by atoms with Crippen molar-refractivity contribution in [1.29, 1.82) is 0 Å². The molecule has 0 bridgehead atoms. The van der Waals surface area contributed by atoms with Crippen molar-refractivity contribution < 1.29 is 4.57 Å². The molecule has 6 aromatic carbocycles. The van der Waals surface area contributed by atoms with E-state index in [-0.39, 0.29) is 5.56 Å². The van der Waals surface area contributed by atoms with Gasteiger partial charge in [-0.05, 0) is 108 Å². The first-order chi connectivity index (χ1) is 28.1. The summed E-state index contributed by atoms with van der Waals surface area (Å²) < 4.78 is 7.12. The van der Waals surface area contributed by atoms with Crippen molar-refractivity contribution in [3.8, 4) is 5.69 Å². The van der Waals surface area contributed by atoms with Crippen LogP contribution in [-0.2, 0) is 6.54 Å². The Bertz CT molecular complexity index is 2900. The molecule has 4 nitrogen and oxygen atoms in total. The van der Waals surface area contributed by atoms with E-state index in [4.69, 9.17) is 0 Å². The molecular weight excluding hydrogens is 735 g/mol. The fraction of sp³-hybridized carbons (Fsp3) is 0.137. The third-order valence-electron chi connectivity index (χ3n) is 11.5. The molecule has 278 valence electrons. The van der Waals surface area contributed by atoms with E-state index in [9.17, 15) is 4.79 Å². The Labute approximate surface area is 340 Å². The molecule has 6 heteroatoms. The number of anilines is 2. The van der Waals surface area contributed by atoms with Crippen molar-refractivity contribution in [3.05, 3.63) is 210 Å². The van der Waals surface area contributed by atoms with E-state index in [0.717, 1.165) is 32.0 Å². The van der Waals surface area contributed by atoms with Gasteiger partial charge in [-0.2, -0.15) is 4.57 Å². The second-order valence-corrected chi connectivity index (χ2v) is 17.0. The summed E-state index contributed by atoms with van der Waals surface area (Å²) in [4.78, 5) is 16.9. The SMILES string of the molecule is CC[n+]1c(C=c2sc(=Cc3ccc4c(c3)C3CCCC3N4c3ccc(C=C(c4ccccc4)c4ccccc4)cc3)c(=O)n2-c2ccccc2)sc2ccccc21. The van der Waals surface area contributed by atoms with Gasteiger partial charge in [0.2, 0.25) is 5.52 Å². The Hall–Kier alpha value is -6.08. The first-order valence-electron chi connectivity index (χ1n) is 19.9. The van der Waals surface area contributed by atoms with Crippen molar-refractivity contribution in [2.24, 2.45) is 0 Å². The van der Waals surface area contributed by atoms with Crippen LogP contribution in [-0.4, -0.2) is 10.6 Å². The van der Waals surface area contributed by atoms with E-state index in [1.54, 1.807) is 22.7 Å². The smallest absolute Gasteiger partial charge is 0.273 e. The highest BCUT2D eigenvalue weighted by atomic mass is 32.1. The van der Waals surface area contributed by atoms with Crippen LogP contribution in [0.4, 0.5) is 11.4 Å².